The van der Waals surface area contributed by atoms with Crippen LogP contribution in [0.3, 0.4) is 0 Å². The number of unbranched alkanes of at least 4 members (excludes halogenated alkanes) is 3. The molecule has 0 atom stereocenters. The molecule has 1 aliphatic heterocycles. The number of rotatable bonds is 11. The van der Waals surface area contributed by atoms with Crippen molar-refractivity contribution in [2.75, 3.05) is 0 Å². The van der Waals surface area contributed by atoms with Gasteiger partial charge in [0, 0.05) is 22.8 Å². The molecule has 0 saturated carbocycles. The standard InChI is InChI=1S/C28H36N2.2C7H7.Ni/c1-4-7-12-22-14-10-17-24(19-22)27-21-26(16-9-6-3)28(30(27)29)25-18-11-15-23(20-25)13-8-5-2;2*1-7-5-3-2-4-6-7;/h10-11,14-15,17-21H,4-9,12-13,16H2,1-3H3;2*2-6H,1H2;/q;2*-1;+2. The van der Waals surface area contributed by atoms with E-state index in [1.54, 1.807) is 0 Å². The molecule has 0 radical (unpaired) electrons. The summed E-state index contributed by atoms with van der Waals surface area (Å²) in [5.41, 5.74) is 21.4. The van der Waals surface area contributed by atoms with Crippen molar-refractivity contribution in [2.45, 2.75) is 78.6 Å². The molecular weight excluding hydrogens is 591 g/mol. The van der Waals surface area contributed by atoms with Crippen molar-refractivity contribution in [1.29, 1.82) is 0 Å². The summed E-state index contributed by atoms with van der Waals surface area (Å²) < 4.78 is 1.43. The first-order valence-corrected chi connectivity index (χ1v) is 16.3. The van der Waals surface area contributed by atoms with Gasteiger partial charge in [-0.1, -0.05) is 76.4 Å². The van der Waals surface area contributed by atoms with E-state index in [1.807, 2.05) is 60.7 Å². The fraction of sp³-hybridized carbons (Fsp3) is 0.286. The van der Waals surface area contributed by atoms with Gasteiger partial charge in [-0.3, -0.25) is 0 Å². The van der Waals surface area contributed by atoms with Gasteiger partial charge in [0.2, 0.25) is 11.4 Å². The van der Waals surface area contributed by atoms with Crippen LogP contribution in [0, 0.1) is 13.8 Å². The summed E-state index contributed by atoms with van der Waals surface area (Å²) in [5.74, 6) is 0. The minimum atomic E-state index is 0. The first kappa shape index (κ1) is 37.4. The van der Waals surface area contributed by atoms with Crippen LogP contribution < -0.4 is 0 Å². The van der Waals surface area contributed by atoms with Crippen LogP contribution in [0.1, 0.15) is 99.1 Å². The van der Waals surface area contributed by atoms with Crippen LogP contribution in [0.25, 0.3) is 16.9 Å². The Balaban J connectivity index is 0.000000384. The average molecular weight is 642 g/mol. The smallest absolute Gasteiger partial charge is 0.493 e. The van der Waals surface area contributed by atoms with E-state index in [9.17, 15) is 5.53 Å². The predicted octanol–water partition coefficient (Wildman–Crippen LogP) is 12.1. The Morgan fingerprint density at radius 2 is 1.00 bits per heavy atom. The van der Waals surface area contributed by atoms with Crippen molar-refractivity contribution in [1.82, 2.24) is 0 Å². The Morgan fingerprint density at radius 3 is 1.44 bits per heavy atom. The molecule has 5 rings (SSSR count). The van der Waals surface area contributed by atoms with Crippen molar-refractivity contribution < 1.29 is 21.2 Å². The zero-order chi connectivity index (χ0) is 31.6. The van der Waals surface area contributed by atoms with E-state index >= 15 is 0 Å². The van der Waals surface area contributed by atoms with E-state index in [1.165, 1.54) is 47.1 Å². The van der Waals surface area contributed by atoms with E-state index in [4.69, 9.17) is 0 Å². The van der Waals surface area contributed by atoms with Crippen molar-refractivity contribution >= 4 is 11.4 Å². The summed E-state index contributed by atoms with van der Waals surface area (Å²) >= 11 is 0. The molecule has 0 N–H and O–H groups in total. The van der Waals surface area contributed by atoms with Crippen LogP contribution in [-0.4, -0.2) is 4.70 Å². The van der Waals surface area contributed by atoms with Crippen LogP contribution in [0.15, 0.2) is 121 Å². The van der Waals surface area contributed by atoms with Gasteiger partial charge in [-0.25, -0.2) is 4.70 Å². The quantitative estimate of drug-likeness (QED) is 0.0885. The molecule has 1 heterocycles. The molecule has 0 unspecified atom stereocenters. The van der Waals surface area contributed by atoms with Crippen LogP contribution in [-0.2, 0) is 29.3 Å². The molecule has 0 saturated heterocycles. The Kier molecular flexibility index (Phi) is 17.5. The molecule has 4 aromatic rings. The second-order valence-electron chi connectivity index (χ2n) is 11.4. The summed E-state index contributed by atoms with van der Waals surface area (Å²) in [6.07, 6.45) is 12.4. The minimum Gasteiger partial charge on any atom is -0.493 e. The van der Waals surface area contributed by atoms with E-state index in [2.05, 4.69) is 89.2 Å². The SMILES string of the molecule is CCCCC1=C(c2cccc(CCCC)c2)[N+](=[N-])C(c2cccc(CCCC)c2)=C1.[CH2-]c1ccccc1.[CH2-]c1ccccc1.[Ni+2]. The van der Waals surface area contributed by atoms with Gasteiger partial charge in [0.25, 0.3) is 0 Å². The minimum absolute atomic E-state index is 0. The Labute approximate surface area is 283 Å². The number of aryl methyl sites for hydroxylation is 2. The zero-order valence-electron chi connectivity index (χ0n) is 27.5. The molecule has 0 bridgehead atoms. The summed E-state index contributed by atoms with van der Waals surface area (Å²) in [7, 11) is 0. The molecule has 2 nitrogen and oxygen atoms in total. The fourth-order valence-electron chi connectivity index (χ4n) is 5.10. The number of hydrogen-bond donors (Lipinski definition) is 0. The third-order valence-electron chi connectivity index (χ3n) is 7.60. The largest absolute Gasteiger partial charge is 2.00 e. The van der Waals surface area contributed by atoms with Gasteiger partial charge in [-0.05, 0) is 73.9 Å². The molecule has 0 aromatic heterocycles. The molecule has 0 fully saturated rings. The zero-order valence-corrected chi connectivity index (χ0v) is 28.4. The van der Waals surface area contributed by atoms with Crippen LogP contribution in [0.5, 0.6) is 0 Å². The normalized spacial score (nSPS) is 11.9. The maximum absolute atomic E-state index is 11.3. The molecule has 4 aromatic carbocycles. The van der Waals surface area contributed by atoms with Crippen LogP contribution >= 0.6 is 0 Å². The fourth-order valence-corrected chi connectivity index (χ4v) is 5.10. The maximum atomic E-state index is 11.3. The van der Waals surface area contributed by atoms with Crippen molar-refractivity contribution in [2.24, 2.45) is 0 Å². The Bertz CT molecular complexity index is 1450. The second-order valence-corrected chi connectivity index (χ2v) is 11.4. The predicted molar refractivity (Wildman–Crippen MR) is 190 cm³/mol. The average Bonchev–Trinajstić information content (AvgIpc) is 3.39. The number of hydrogen-bond acceptors (Lipinski definition) is 0. The van der Waals surface area contributed by atoms with Gasteiger partial charge >= 0.3 is 16.5 Å². The summed E-state index contributed by atoms with van der Waals surface area (Å²) in [4.78, 5) is 0. The van der Waals surface area contributed by atoms with E-state index in [-0.39, 0.29) is 16.5 Å². The van der Waals surface area contributed by atoms with Crippen molar-refractivity contribution in [3.8, 4) is 0 Å². The third kappa shape index (κ3) is 12.6. The summed E-state index contributed by atoms with van der Waals surface area (Å²) in [6, 6.07) is 37.1. The second kappa shape index (κ2) is 21.0. The first-order valence-electron chi connectivity index (χ1n) is 16.3. The van der Waals surface area contributed by atoms with Crippen LogP contribution in [0.4, 0.5) is 0 Å². The van der Waals surface area contributed by atoms with Crippen molar-refractivity contribution in [3.63, 3.8) is 0 Å². The van der Waals surface area contributed by atoms with E-state index in [0.717, 1.165) is 65.8 Å². The topological polar surface area (TPSA) is 25.3 Å². The molecule has 1 aliphatic rings. The number of allylic oxidation sites excluding steroid dienone is 2. The molecule has 3 heteroatoms. The maximum Gasteiger partial charge on any atom is 2.00 e. The molecule has 0 spiro atoms. The molecular formula is C42H50N2Ni. The van der Waals surface area contributed by atoms with Gasteiger partial charge in [0.1, 0.15) is 0 Å². The van der Waals surface area contributed by atoms with Gasteiger partial charge in [0.05, 0.1) is 0 Å². The molecule has 0 amide bonds. The van der Waals surface area contributed by atoms with E-state index in [0.29, 0.717) is 0 Å². The van der Waals surface area contributed by atoms with Gasteiger partial charge < -0.3 is 5.53 Å². The van der Waals surface area contributed by atoms with E-state index < -0.39 is 0 Å². The van der Waals surface area contributed by atoms with Gasteiger partial charge in [-0.15, -0.1) is 24.3 Å². The first-order chi connectivity index (χ1) is 21.5. The Morgan fingerprint density at radius 1 is 0.556 bits per heavy atom. The molecule has 0 aliphatic carbocycles. The summed E-state index contributed by atoms with van der Waals surface area (Å²) in [5, 5.41) is 0. The monoisotopic (exact) mass is 640 g/mol. The van der Waals surface area contributed by atoms with Crippen LogP contribution in [0.2, 0.25) is 0 Å². The number of benzene rings is 4. The third-order valence-corrected chi connectivity index (χ3v) is 7.60. The molecule has 45 heavy (non-hydrogen) atoms. The Hall–Kier alpha value is -3.81. The van der Waals surface area contributed by atoms with Gasteiger partial charge in [0.15, 0.2) is 0 Å². The summed E-state index contributed by atoms with van der Waals surface area (Å²) in [6.45, 7) is 14.1. The van der Waals surface area contributed by atoms with Crippen molar-refractivity contribution in [3.05, 3.63) is 174 Å². The number of nitrogens with zero attached hydrogens (tertiary/aromatic N) is 2. The van der Waals surface area contributed by atoms with Gasteiger partial charge in [-0.2, -0.15) is 49.2 Å². The molecule has 238 valence electrons.